The van der Waals surface area contributed by atoms with Crippen molar-refractivity contribution in [2.75, 3.05) is 13.6 Å². The minimum absolute atomic E-state index is 0.352. The average Bonchev–Trinajstić information content (AvgIpc) is 2.95. The van der Waals surface area contributed by atoms with Crippen LogP contribution >= 0.6 is 11.6 Å². The molecule has 0 aliphatic heterocycles. The molecule has 1 aromatic heterocycles. The number of nitrogens with one attached hydrogen (secondary N) is 2. The van der Waals surface area contributed by atoms with Crippen LogP contribution in [0.3, 0.4) is 0 Å². The normalized spacial score (nSPS) is 17.6. The number of rotatable bonds is 3. The highest BCUT2D eigenvalue weighted by atomic mass is 35.5. The van der Waals surface area contributed by atoms with Crippen LogP contribution in [0.25, 0.3) is 10.9 Å². The highest BCUT2D eigenvalue weighted by Gasteiger charge is 2.46. The summed E-state index contributed by atoms with van der Waals surface area (Å²) in [5.74, 6) is 0. The molecule has 1 aliphatic rings. The average molecular weight is 249 g/mol. The Hall–Kier alpha value is -0.990. The maximum absolute atomic E-state index is 6.04. The van der Waals surface area contributed by atoms with Gasteiger partial charge in [0, 0.05) is 33.6 Å². The zero-order chi connectivity index (χ0) is 12.0. The van der Waals surface area contributed by atoms with Crippen molar-refractivity contribution in [3.8, 4) is 0 Å². The second kappa shape index (κ2) is 3.76. The van der Waals surface area contributed by atoms with Gasteiger partial charge in [-0.2, -0.15) is 0 Å². The molecule has 0 atom stereocenters. The lowest BCUT2D eigenvalue weighted by atomic mass is 9.93. The minimum Gasteiger partial charge on any atom is -0.358 e. The van der Waals surface area contributed by atoms with Gasteiger partial charge in [0.15, 0.2) is 0 Å². The number of hydrogen-bond donors (Lipinski definition) is 2. The lowest BCUT2D eigenvalue weighted by Crippen LogP contribution is -2.24. The molecule has 3 heteroatoms. The van der Waals surface area contributed by atoms with E-state index in [1.165, 1.54) is 29.5 Å². The van der Waals surface area contributed by atoms with Crippen LogP contribution in [0, 0.1) is 6.92 Å². The molecule has 1 heterocycles. The van der Waals surface area contributed by atoms with E-state index >= 15 is 0 Å². The van der Waals surface area contributed by atoms with Crippen LogP contribution in [0.5, 0.6) is 0 Å². The topological polar surface area (TPSA) is 27.8 Å². The van der Waals surface area contributed by atoms with E-state index in [9.17, 15) is 0 Å². The summed E-state index contributed by atoms with van der Waals surface area (Å²) in [5, 5.41) is 5.45. The van der Waals surface area contributed by atoms with Crippen LogP contribution < -0.4 is 5.32 Å². The van der Waals surface area contributed by atoms with Crippen molar-refractivity contribution in [3.05, 3.63) is 34.5 Å². The summed E-state index contributed by atoms with van der Waals surface area (Å²) in [6.45, 7) is 3.22. The lowest BCUT2D eigenvalue weighted by molar-refractivity contribution is 0.625. The molecule has 0 spiro atoms. The van der Waals surface area contributed by atoms with Crippen LogP contribution in [-0.2, 0) is 5.41 Å². The quantitative estimate of drug-likeness (QED) is 0.856. The maximum atomic E-state index is 6.04. The number of likely N-dealkylation sites (N-methyl/N-ethyl adjacent to an activating group) is 1. The molecule has 0 bridgehead atoms. The zero-order valence-electron chi connectivity index (χ0n) is 10.2. The second-order valence-corrected chi connectivity index (χ2v) is 5.56. The van der Waals surface area contributed by atoms with Gasteiger partial charge in [-0.1, -0.05) is 17.7 Å². The van der Waals surface area contributed by atoms with Gasteiger partial charge in [-0.25, -0.2) is 0 Å². The summed E-state index contributed by atoms with van der Waals surface area (Å²) in [7, 11) is 2.03. The summed E-state index contributed by atoms with van der Waals surface area (Å²) in [6.07, 6.45) is 2.56. The number of H-pyrrole nitrogens is 1. The van der Waals surface area contributed by atoms with Crippen molar-refractivity contribution in [3.63, 3.8) is 0 Å². The molecule has 2 N–H and O–H groups in total. The first-order chi connectivity index (χ1) is 8.16. The largest absolute Gasteiger partial charge is 0.358 e. The van der Waals surface area contributed by atoms with E-state index < -0.39 is 0 Å². The summed E-state index contributed by atoms with van der Waals surface area (Å²) >= 11 is 6.04. The van der Waals surface area contributed by atoms with Crippen molar-refractivity contribution in [2.45, 2.75) is 25.2 Å². The van der Waals surface area contributed by atoms with E-state index in [4.69, 9.17) is 11.6 Å². The third-order valence-corrected chi connectivity index (χ3v) is 4.08. The third kappa shape index (κ3) is 1.67. The van der Waals surface area contributed by atoms with E-state index in [2.05, 4.69) is 23.3 Å². The fraction of sp³-hybridized carbons (Fsp3) is 0.429. The monoisotopic (exact) mass is 248 g/mol. The molecule has 0 radical (unpaired) electrons. The molecule has 2 nitrogen and oxygen atoms in total. The van der Waals surface area contributed by atoms with Crippen molar-refractivity contribution in [1.29, 1.82) is 0 Å². The van der Waals surface area contributed by atoms with E-state index in [0.29, 0.717) is 5.41 Å². The summed E-state index contributed by atoms with van der Waals surface area (Å²) in [4.78, 5) is 3.46. The Morgan fingerprint density at radius 2 is 2.18 bits per heavy atom. The van der Waals surface area contributed by atoms with E-state index in [1.807, 2.05) is 19.2 Å². The minimum atomic E-state index is 0.352. The predicted molar refractivity (Wildman–Crippen MR) is 72.9 cm³/mol. The third-order valence-electron chi connectivity index (χ3n) is 3.85. The first-order valence-corrected chi connectivity index (χ1v) is 6.47. The van der Waals surface area contributed by atoms with Crippen molar-refractivity contribution in [2.24, 2.45) is 0 Å². The zero-order valence-corrected chi connectivity index (χ0v) is 11.0. The predicted octanol–water partition coefficient (Wildman–Crippen LogP) is 3.38. The fourth-order valence-corrected chi connectivity index (χ4v) is 3.16. The molecule has 2 aromatic rings. The van der Waals surface area contributed by atoms with Gasteiger partial charge < -0.3 is 10.3 Å². The molecular weight excluding hydrogens is 232 g/mol. The van der Waals surface area contributed by atoms with Gasteiger partial charge >= 0.3 is 0 Å². The molecular formula is C14H17ClN2. The summed E-state index contributed by atoms with van der Waals surface area (Å²) < 4.78 is 0. The van der Waals surface area contributed by atoms with Gasteiger partial charge in [0.2, 0.25) is 0 Å². The molecule has 3 rings (SSSR count). The van der Waals surface area contributed by atoms with Crippen LogP contribution in [0.2, 0.25) is 5.02 Å². The summed E-state index contributed by atoms with van der Waals surface area (Å²) in [6, 6.07) is 6.14. The highest BCUT2D eigenvalue weighted by molar-refractivity contribution is 6.31. The van der Waals surface area contributed by atoms with E-state index in [-0.39, 0.29) is 0 Å². The summed E-state index contributed by atoms with van der Waals surface area (Å²) in [5.41, 5.74) is 4.28. The first kappa shape index (κ1) is 11.1. The Morgan fingerprint density at radius 3 is 2.82 bits per heavy atom. The molecule has 1 fully saturated rings. The number of benzene rings is 1. The Bertz CT molecular complexity index is 567. The first-order valence-electron chi connectivity index (χ1n) is 6.09. The number of fused-ring (bicyclic) bond motifs is 1. The van der Waals surface area contributed by atoms with Gasteiger partial charge in [-0.3, -0.25) is 0 Å². The Balaban J connectivity index is 2.19. The molecule has 1 aromatic carbocycles. The van der Waals surface area contributed by atoms with Crippen molar-refractivity contribution >= 4 is 22.5 Å². The Kier molecular flexibility index (Phi) is 2.46. The van der Waals surface area contributed by atoms with Crippen molar-refractivity contribution in [1.82, 2.24) is 10.3 Å². The van der Waals surface area contributed by atoms with Gasteiger partial charge in [0.1, 0.15) is 0 Å². The number of hydrogen-bond acceptors (Lipinski definition) is 1. The van der Waals surface area contributed by atoms with E-state index in [1.54, 1.807) is 0 Å². The number of aromatic nitrogens is 1. The fourth-order valence-electron chi connectivity index (χ4n) is 2.99. The molecule has 90 valence electrons. The molecule has 1 saturated carbocycles. The lowest BCUT2D eigenvalue weighted by Gasteiger charge is -2.15. The standard InChI is InChI=1S/C14H17ClN2/c1-9-13(14(5-6-14)8-16-2)11-4-3-10(15)7-12(11)17-9/h3-4,7,16-17H,5-6,8H2,1-2H3. The molecule has 0 saturated heterocycles. The SMILES string of the molecule is CNCC1(c2c(C)[nH]c3cc(Cl)ccc23)CC1. The molecule has 0 amide bonds. The smallest absolute Gasteiger partial charge is 0.0474 e. The Labute approximate surface area is 106 Å². The van der Waals surface area contributed by atoms with Crippen molar-refractivity contribution < 1.29 is 0 Å². The highest BCUT2D eigenvalue weighted by Crippen LogP contribution is 2.51. The number of halogens is 1. The van der Waals surface area contributed by atoms with Gasteiger partial charge in [0.25, 0.3) is 0 Å². The van der Waals surface area contributed by atoms with E-state index in [0.717, 1.165) is 17.1 Å². The molecule has 1 aliphatic carbocycles. The molecule has 0 unspecified atom stereocenters. The number of aromatic amines is 1. The van der Waals surface area contributed by atoms with Crippen LogP contribution in [0.4, 0.5) is 0 Å². The van der Waals surface area contributed by atoms with Gasteiger partial charge in [-0.05, 0) is 44.5 Å². The van der Waals surface area contributed by atoms with Gasteiger partial charge in [-0.15, -0.1) is 0 Å². The van der Waals surface area contributed by atoms with Crippen LogP contribution in [0.1, 0.15) is 24.1 Å². The van der Waals surface area contributed by atoms with Gasteiger partial charge in [0.05, 0.1) is 0 Å². The second-order valence-electron chi connectivity index (χ2n) is 5.13. The molecule has 17 heavy (non-hydrogen) atoms. The number of aryl methyl sites for hydroxylation is 1. The Morgan fingerprint density at radius 1 is 1.41 bits per heavy atom. The van der Waals surface area contributed by atoms with Crippen LogP contribution in [-0.4, -0.2) is 18.6 Å². The van der Waals surface area contributed by atoms with Crippen LogP contribution in [0.15, 0.2) is 18.2 Å². The maximum Gasteiger partial charge on any atom is 0.0474 e.